The molecule has 0 aromatic carbocycles. The van der Waals surface area contributed by atoms with E-state index in [4.69, 9.17) is 15.7 Å². The van der Waals surface area contributed by atoms with Crippen LogP contribution in [0.1, 0.15) is 33.6 Å². The summed E-state index contributed by atoms with van der Waals surface area (Å²) in [6, 6.07) is 0. The third kappa shape index (κ3) is 6.63. The molecule has 4 N–H and O–H groups in total. The third-order valence-corrected chi connectivity index (χ3v) is 2.57. The maximum Gasteiger partial charge on any atom is 0.144 e. The zero-order valence-electron chi connectivity index (χ0n) is 10.6. The first-order chi connectivity index (χ1) is 7.54. The van der Waals surface area contributed by atoms with E-state index in [1.807, 2.05) is 20.8 Å². The van der Waals surface area contributed by atoms with Gasteiger partial charge in [-0.2, -0.15) is 0 Å². The second-order valence-electron chi connectivity index (χ2n) is 4.42. The van der Waals surface area contributed by atoms with Crippen LogP contribution in [0.15, 0.2) is 5.16 Å². The fourth-order valence-electron chi connectivity index (χ4n) is 1.23. The number of hydrogen-bond acceptors (Lipinski definition) is 4. The molecule has 0 bridgehead atoms. The first-order valence-electron chi connectivity index (χ1n) is 5.81. The van der Waals surface area contributed by atoms with Gasteiger partial charge >= 0.3 is 0 Å². The second-order valence-corrected chi connectivity index (χ2v) is 4.42. The highest BCUT2D eigenvalue weighted by atomic mass is 16.5. The topological polar surface area (TPSA) is 79.9 Å². The molecule has 16 heavy (non-hydrogen) atoms. The molecule has 0 aliphatic heterocycles. The summed E-state index contributed by atoms with van der Waals surface area (Å²) in [6.07, 6.45) is 1.86. The maximum atomic E-state index is 8.60. The smallest absolute Gasteiger partial charge is 0.144 e. The number of nitrogens with zero attached hydrogens (tertiary/aromatic N) is 1. The molecular weight excluding hydrogens is 206 g/mol. The van der Waals surface area contributed by atoms with E-state index < -0.39 is 0 Å². The van der Waals surface area contributed by atoms with Crippen LogP contribution in [-0.4, -0.2) is 37.3 Å². The van der Waals surface area contributed by atoms with Crippen molar-refractivity contribution in [3.63, 3.8) is 0 Å². The molecule has 5 nitrogen and oxygen atoms in total. The van der Waals surface area contributed by atoms with Crippen LogP contribution in [-0.2, 0) is 4.74 Å². The number of ether oxygens (including phenoxy) is 1. The Hall–Kier alpha value is -0.810. The fraction of sp³-hybridized carbons (Fsp3) is 0.909. The van der Waals surface area contributed by atoms with Gasteiger partial charge < -0.3 is 21.0 Å². The molecule has 0 rings (SSSR count). The first kappa shape index (κ1) is 15.2. The number of amidine groups is 1. The fourth-order valence-corrected chi connectivity index (χ4v) is 1.23. The van der Waals surface area contributed by atoms with Gasteiger partial charge in [0, 0.05) is 18.6 Å². The van der Waals surface area contributed by atoms with E-state index in [9.17, 15) is 0 Å². The van der Waals surface area contributed by atoms with Gasteiger partial charge in [-0.3, -0.25) is 0 Å². The Morgan fingerprint density at radius 3 is 2.69 bits per heavy atom. The monoisotopic (exact) mass is 231 g/mol. The highest BCUT2D eigenvalue weighted by Gasteiger charge is 2.22. The molecule has 0 spiro atoms. The third-order valence-electron chi connectivity index (χ3n) is 2.57. The second kappa shape index (κ2) is 8.35. The van der Waals surface area contributed by atoms with Crippen LogP contribution in [0, 0.1) is 5.41 Å². The maximum absolute atomic E-state index is 8.60. The summed E-state index contributed by atoms with van der Waals surface area (Å²) in [7, 11) is 0. The van der Waals surface area contributed by atoms with E-state index in [0.717, 1.165) is 39.1 Å². The minimum atomic E-state index is -0.262. The van der Waals surface area contributed by atoms with Crippen molar-refractivity contribution in [2.75, 3.05) is 26.3 Å². The van der Waals surface area contributed by atoms with Crippen LogP contribution in [0.25, 0.3) is 0 Å². The summed E-state index contributed by atoms with van der Waals surface area (Å²) in [5.74, 6) is 0.281. The molecule has 0 aromatic heterocycles. The molecule has 0 fully saturated rings. The normalized spacial score (nSPS) is 13.1. The zero-order chi connectivity index (χ0) is 12.4. The van der Waals surface area contributed by atoms with E-state index in [1.54, 1.807) is 0 Å². The molecule has 0 amide bonds. The number of rotatable bonds is 9. The summed E-state index contributed by atoms with van der Waals surface area (Å²) < 4.78 is 5.22. The van der Waals surface area contributed by atoms with Crippen LogP contribution in [0.4, 0.5) is 0 Å². The van der Waals surface area contributed by atoms with Crippen molar-refractivity contribution < 1.29 is 9.94 Å². The average Bonchev–Trinajstić information content (AvgIpc) is 2.26. The molecule has 5 heteroatoms. The number of nitrogens with one attached hydrogen (secondary N) is 1. The van der Waals surface area contributed by atoms with Gasteiger partial charge in [-0.1, -0.05) is 19.0 Å². The van der Waals surface area contributed by atoms with Crippen LogP contribution in [0.3, 0.4) is 0 Å². The van der Waals surface area contributed by atoms with Gasteiger partial charge in [0.2, 0.25) is 0 Å². The largest absolute Gasteiger partial charge is 0.409 e. The minimum Gasteiger partial charge on any atom is -0.409 e. The number of hydrogen-bond donors (Lipinski definition) is 3. The molecule has 0 radical (unpaired) electrons. The number of oxime groups is 1. The highest BCUT2D eigenvalue weighted by Crippen LogP contribution is 2.19. The molecule has 0 aliphatic rings. The predicted octanol–water partition coefficient (Wildman–Crippen LogP) is 1.17. The zero-order valence-corrected chi connectivity index (χ0v) is 10.6. The Morgan fingerprint density at radius 1 is 1.44 bits per heavy atom. The van der Waals surface area contributed by atoms with Crippen molar-refractivity contribution >= 4 is 5.84 Å². The summed E-state index contributed by atoms with van der Waals surface area (Å²) in [5, 5.41) is 14.9. The Bertz CT molecular complexity index is 205. The van der Waals surface area contributed by atoms with E-state index in [2.05, 4.69) is 10.5 Å². The lowest BCUT2D eigenvalue weighted by Gasteiger charge is -2.22. The molecular formula is C11H25N3O2. The summed E-state index contributed by atoms with van der Waals surface area (Å²) in [4.78, 5) is 0. The SMILES string of the molecule is CCOCCCNCCC(C)(C)C(N)=NO. The van der Waals surface area contributed by atoms with Gasteiger partial charge in [-0.05, 0) is 32.9 Å². The molecule has 0 aliphatic carbocycles. The van der Waals surface area contributed by atoms with Gasteiger partial charge in [-0.15, -0.1) is 0 Å². The van der Waals surface area contributed by atoms with Crippen molar-refractivity contribution in [1.29, 1.82) is 0 Å². The Morgan fingerprint density at radius 2 is 2.12 bits per heavy atom. The summed E-state index contributed by atoms with van der Waals surface area (Å²) in [5.41, 5.74) is 5.32. The Kier molecular flexibility index (Phi) is 7.93. The van der Waals surface area contributed by atoms with Crippen molar-refractivity contribution in [3.8, 4) is 0 Å². The van der Waals surface area contributed by atoms with Crippen LogP contribution < -0.4 is 11.1 Å². The van der Waals surface area contributed by atoms with Crippen molar-refractivity contribution in [2.24, 2.45) is 16.3 Å². The highest BCUT2D eigenvalue weighted by molar-refractivity contribution is 5.85. The Labute approximate surface area is 98.0 Å². The van der Waals surface area contributed by atoms with Gasteiger partial charge in [0.15, 0.2) is 0 Å². The lowest BCUT2D eigenvalue weighted by molar-refractivity contribution is 0.144. The van der Waals surface area contributed by atoms with Crippen LogP contribution in [0.2, 0.25) is 0 Å². The van der Waals surface area contributed by atoms with E-state index in [0.29, 0.717) is 0 Å². The van der Waals surface area contributed by atoms with Gasteiger partial charge in [0.1, 0.15) is 5.84 Å². The molecule has 0 atom stereocenters. The molecule has 0 aromatic rings. The van der Waals surface area contributed by atoms with Crippen LogP contribution >= 0.6 is 0 Å². The van der Waals surface area contributed by atoms with Gasteiger partial charge in [0.25, 0.3) is 0 Å². The lowest BCUT2D eigenvalue weighted by Crippen LogP contribution is -2.35. The van der Waals surface area contributed by atoms with E-state index >= 15 is 0 Å². The summed E-state index contributed by atoms with van der Waals surface area (Å²) >= 11 is 0. The standard InChI is InChI=1S/C11H25N3O2/c1-4-16-9-5-7-13-8-6-11(2,3)10(12)14-15/h13,15H,4-9H2,1-3H3,(H2,12,14). The van der Waals surface area contributed by atoms with E-state index in [1.165, 1.54) is 0 Å². The quantitative estimate of drug-likeness (QED) is 0.183. The van der Waals surface area contributed by atoms with Gasteiger partial charge in [0.05, 0.1) is 0 Å². The van der Waals surface area contributed by atoms with E-state index in [-0.39, 0.29) is 11.3 Å². The van der Waals surface area contributed by atoms with Gasteiger partial charge in [-0.25, -0.2) is 0 Å². The lowest BCUT2D eigenvalue weighted by atomic mass is 9.88. The predicted molar refractivity (Wildman–Crippen MR) is 65.8 cm³/mol. The molecule has 0 saturated heterocycles. The average molecular weight is 231 g/mol. The summed E-state index contributed by atoms with van der Waals surface area (Å²) in [6.45, 7) is 9.28. The molecule has 0 saturated carbocycles. The minimum absolute atomic E-state index is 0.262. The molecule has 96 valence electrons. The van der Waals surface area contributed by atoms with Crippen molar-refractivity contribution in [3.05, 3.63) is 0 Å². The molecule has 0 heterocycles. The van der Waals surface area contributed by atoms with Crippen molar-refractivity contribution in [2.45, 2.75) is 33.6 Å². The van der Waals surface area contributed by atoms with Crippen molar-refractivity contribution in [1.82, 2.24) is 5.32 Å². The first-order valence-corrected chi connectivity index (χ1v) is 5.81. The Balaban J connectivity index is 3.51. The number of nitrogens with two attached hydrogens (primary N) is 1. The van der Waals surface area contributed by atoms with Crippen LogP contribution in [0.5, 0.6) is 0 Å². The molecule has 0 unspecified atom stereocenters.